The third kappa shape index (κ3) is 11.7. The van der Waals surface area contributed by atoms with Crippen LogP contribution in [0.2, 0.25) is 0 Å². The number of pyridine rings is 1. The molecular weight excluding hydrogens is 349 g/mol. The van der Waals surface area contributed by atoms with Gasteiger partial charge in [-0.3, -0.25) is 4.79 Å². The zero-order valence-corrected chi connectivity index (χ0v) is 16.0. The number of rotatable bonds is 7. The number of carbonyl (C=O) groups excluding carboxylic acids is 1. The number of carbonyl (C=O) groups is 1. The summed E-state index contributed by atoms with van der Waals surface area (Å²) in [6, 6.07) is 2.86. The maximum atomic E-state index is 12.1. The fourth-order valence-corrected chi connectivity index (χ4v) is 1.80. The van der Waals surface area contributed by atoms with Gasteiger partial charge in [-0.15, -0.1) is 0 Å². The van der Waals surface area contributed by atoms with E-state index in [9.17, 15) is 23.1 Å². The van der Waals surface area contributed by atoms with Crippen molar-refractivity contribution in [2.45, 2.75) is 66.3 Å². The van der Waals surface area contributed by atoms with Crippen molar-refractivity contribution in [3.8, 4) is 5.88 Å². The van der Waals surface area contributed by atoms with Crippen LogP contribution in [0.5, 0.6) is 5.88 Å². The Bertz CT molecular complexity index is 543. The van der Waals surface area contributed by atoms with E-state index < -0.39 is 24.8 Å². The van der Waals surface area contributed by atoms with E-state index in [1.165, 1.54) is 12.3 Å². The van der Waals surface area contributed by atoms with Crippen LogP contribution in [0.15, 0.2) is 18.3 Å². The van der Waals surface area contributed by atoms with Gasteiger partial charge in [0.25, 0.3) is 0 Å². The van der Waals surface area contributed by atoms with Gasteiger partial charge in [-0.25, -0.2) is 4.98 Å². The third-order valence-corrected chi connectivity index (χ3v) is 3.12. The van der Waals surface area contributed by atoms with Crippen LogP contribution in [-0.2, 0) is 11.3 Å². The number of aromatic nitrogens is 1. The van der Waals surface area contributed by atoms with E-state index in [0.717, 1.165) is 0 Å². The second-order valence-electron chi connectivity index (χ2n) is 6.74. The highest BCUT2D eigenvalue weighted by molar-refractivity contribution is 5.80. The first-order valence-corrected chi connectivity index (χ1v) is 8.56. The summed E-state index contributed by atoms with van der Waals surface area (Å²) < 4.78 is 40.9. The highest BCUT2D eigenvalue weighted by Crippen LogP contribution is 2.21. The standard InChI is InChI=1S/C16H23F3N2O3.C2H6/c1-15(2,3)6-4-12(22)14(23)21-9-11-5-7-20-13(8-11)24-10-16(17,18)19;1-2/h5,7-8,12,22H,4,6,9-10H2,1-3H3,(H,21,23);1-2H3. The Hall–Kier alpha value is -1.83. The fourth-order valence-electron chi connectivity index (χ4n) is 1.80. The van der Waals surface area contributed by atoms with Crippen molar-refractivity contribution in [3.63, 3.8) is 0 Å². The molecule has 0 saturated heterocycles. The highest BCUT2D eigenvalue weighted by Gasteiger charge is 2.28. The molecule has 0 radical (unpaired) electrons. The van der Waals surface area contributed by atoms with Crippen molar-refractivity contribution in [2.75, 3.05) is 6.61 Å². The van der Waals surface area contributed by atoms with E-state index in [4.69, 9.17) is 0 Å². The van der Waals surface area contributed by atoms with E-state index in [-0.39, 0.29) is 17.8 Å². The number of aliphatic hydroxyl groups is 1. The largest absolute Gasteiger partial charge is 0.468 e. The molecule has 1 unspecified atom stereocenters. The van der Waals surface area contributed by atoms with Crippen molar-refractivity contribution < 1.29 is 27.8 Å². The average Bonchev–Trinajstić information content (AvgIpc) is 2.56. The lowest BCUT2D eigenvalue weighted by molar-refractivity contribution is -0.154. The minimum Gasteiger partial charge on any atom is -0.468 e. The predicted octanol–water partition coefficient (Wildman–Crippen LogP) is 3.85. The molecule has 1 aromatic heterocycles. The highest BCUT2D eigenvalue weighted by atomic mass is 19.4. The van der Waals surface area contributed by atoms with Crippen LogP contribution in [0, 0.1) is 5.41 Å². The molecule has 0 bridgehead atoms. The molecule has 5 nitrogen and oxygen atoms in total. The summed E-state index contributed by atoms with van der Waals surface area (Å²) in [4.78, 5) is 15.5. The van der Waals surface area contributed by atoms with Crippen LogP contribution in [0.3, 0.4) is 0 Å². The zero-order chi connectivity index (χ0) is 20.4. The van der Waals surface area contributed by atoms with Gasteiger partial charge in [-0.2, -0.15) is 13.2 Å². The molecule has 8 heteroatoms. The van der Waals surface area contributed by atoms with Gasteiger partial charge in [0.15, 0.2) is 6.61 Å². The molecule has 0 aliphatic carbocycles. The minimum absolute atomic E-state index is 0.0110. The molecule has 1 aromatic rings. The van der Waals surface area contributed by atoms with Gasteiger partial charge in [0.1, 0.15) is 6.10 Å². The van der Waals surface area contributed by atoms with Crippen molar-refractivity contribution in [1.82, 2.24) is 10.3 Å². The van der Waals surface area contributed by atoms with Gasteiger partial charge in [0.2, 0.25) is 11.8 Å². The smallest absolute Gasteiger partial charge is 0.422 e. The average molecular weight is 378 g/mol. The predicted molar refractivity (Wildman–Crippen MR) is 93.7 cm³/mol. The molecule has 0 spiro atoms. The van der Waals surface area contributed by atoms with E-state index in [1.807, 2.05) is 34.6 Å². The lowest BCUT2D eigenvalue weighted by atomic mass is 9.89. The van der Waals surface area contributed by atoms with Crippen LogP contribution in [0.25, 0.3) is 0 Å². The van der Waals surface area contributed by atoms with Gasteiger partial charge in [-0.1, -0.05) is 34.6 Å². The van der Waals surface area contributed by atoms with Crippen LogP contribution in [0.4, 0.5) is 13.2 Å². The second kappa shape index (κ2) is 11.0. The first-order valence-electron chi connectivity index (χ1n) is 8.56. The summed E-state index contributed by atoms with van der Waals surface area (Å²) in [7, 11) is 0. The molecular formula is C18H29F3N2O3. The SMILES string of the molecule is CC.CC(C)(C)CCC(O)C(=O)NCc1ccnc(OCC(F)(F)F)c1. The van der Waals surface area contributed by atoms with Crippen molar-refractivity contribution in [2.24, 2.45) is 5.41 Å². The molecule has 2 N–H and O–H groups in total. The number of ether oxygens (including phenoxy) is 1. The third-order valence-electron chi connectivity index (χ3n) is 3.12. The number of amides is 1. The first kappa shape index (κ1) is 24.2. The van der Waals surface area contributed by atoms with Gasteiger partial charge in [0, 0.05) is 18.8 Å². The summed E-state index contributed by atoms with van der Waals surface area (Å²) >= 11 is 0. The Labute approximate surface area is 153 Å². The minimum atomic E-state index is -4.44. The normalized spacial score (nSPS) is 12.7. The second-order valence-corrected chi connectivity index (χ2v) is 6.74. The number of nitrogens with one attached hydrogen (secondary N) is 1. The number of hydrogen-bond acceptors (Lipinski definition) is 4. The van der Waals surface area contributed by atoms with Crippen molar-refractivity contribution >= 4 is 5.91 Å². The summed E-state index contributed by atoms with van der Waals surface area (Å²) in [5, 5.41) is 12.4. The van der Waals surface area contributed by atoms with Gasteiger partial charge < -0.3 is 15.2 Å². The van der Waals surface area contributed by atoms with E-state index in [0.29, 0.717) is 18.4 Å². The van der Waals surface area contributed by atoms with Crippen LogP contribution in [-0.4, -0.2) is 34.9 Å². The van der Waals surface area contributed by atoms with Crippen LogP contribution >= 0.6 is 0 Å². The number of nitrogens with zero attached hydrogens (tertiary/aromatic N) is 1. The molecule has 0 fully saturated rings. The molecule has 1 amide bonds. The Morgan fingerprint density at radius 2 is 1.92 bits per heavy atom. The Kier molecular flexibility index (Phi) is 10.2. The number of halogens is 3. The first-order chi connectivity index (χ1) is 12.0. The quantitative estimate of drug-likeness (QED) is 0.756. The maximum Gasteiger partial charge on any atom is 0.422 e. The fraction of sp³-hybridized carbons (Fsp3) is 0.667. The topological polar surface area (TPSA) is 71.5 Å². The molecule has 0 aliphatic rings. The molecule has 26 heavy (non-hydrogen) atoms. The number of aliphatic hydroxyl groups excluding tert-OH is 1. The Morgan fingerprint density at radius 1 is 1.31 bits per heavy atom. The maximum absolute atomic E-state index is 12.1. The van der Waals surface area contributed by atoms with Gasteiger partial charge in [-0.05, 0) is 29.9 Å². The van der Waals surface area contributed by atoms with E-state index in [2.05, 4.69) is 15.0 Å². The van der Waals surface area contributed by atoms with E-state index >= 15 is 0 Å². The molecule has 1 heterocycles. The monoisotopic (exact) mass is 378 g/mol. The van der Waals surface area contributed by atoms with Crippen LogP contribution < -0.4 is 10.1 Å². The van der Waals surface area contributed by atoms with Gasteiger partial charge >= 0.3 is 6.18 Å². The number of hydrogen-bond donors (Lipinski definition) is 2. The molecule has 0 aromatic carbocycles. The van der Waals surface area contributed by atoms with E-state index in [1.54, 1.807) is 6.07 Å². The van der Waals surface area contributed by atoms with Gasteiger partial charge in [0.05, 0.1) is 0 Å². The van der Waals surface area contributed by atoms with Crippen molar-refractivity contribution in [3.05, 3.63) is 23.9 Å². The summed E-state index contributed by atoms with van der Waals surface area (Å²) in [6.07, 6.45) is -3.24. The molecule has 0 saturated carbocycles. The van der Waals surface area contributed by atoms with Crippen molar-refractivity contribution in [1.29, 1.82) is 0 Å². The molecule has 150 valence electrons. The summed E-state index contributed by atoms with van der Waals surface area (Å²) in [5.74, 6) is -0.693. The zero-order valence-electron chi connectivity index (χ0n) is 16.0. The molecule has 1 atom stereocenters. The number of alkyl halides is 3. The van der Waals surface area contributed by atoms with Crippen LogP contribution in [0.1, 0.15) is 53.0 Å². The molecule has 0 aliphatic heterocycles. The summed E-state index contributed by atoms with van der Waals surface area (Å²) in [6.45, 7) is 8.67. The Balaban J connectivity index is 0.00000301. The lowest BCUT2D eigenvalue weighted by Crippen LogP contribution is -2.34. The lowest BCUT2D eigenvalue weighted by Gasteiger charge is -2.20. The summed E-state index contributed by atoms with van der Waals surface area (Å²) in [5.41, 5.74) is 0.537. The molecule has 1 rings (SSSR count). The Morgan fingerprint density at radius 3 is 2.46 bits per heavy atom.